The lowest BCUT2D eigenvalue weighted by molar-refractivity contribution is -0.197. The van der Waals surface area contributed by atoms with Crippen molar-refractivity contribution < 1.29 is 56.5 Å². The number of rotatable bonds is 18. The number of carbonyl (C=O) groups excluding carboxylic acids is 4. The van der Waals surface area contributed by atoms with Gasteiger partial charge in [0.25, 0.3) is 17.7 Å². The Balaban J connectivity index is 0.840. The van der Waals surface area contributed by atoms with Crippen molar-refractivity contribution in [2.75, 3.05) is 47.8 Å². The first kappa shape index (κ1) is 50.7. The summed E-state index contributed by atoms with van der Waals surface area (Å²) in [6.45, 7) is 5.20. The molecule has 0 saturated carbocycles. The van der Waals surface area contributed by atoms with Crippen molar-refractivity contribution in [2.24, 2.45) is 4.99 Å². The Morgan fingerprint density at radius 2 is 1.46 bits per heavy atom. The molecule has 6 heterocycles. The maximum Gasteiger partial charge on any atom is 0.350 e. The molecule has 3 amide bonds. The molecule has 4 aromatic carbocycles. The molecule has 5 aliphatic rings. The fourth-order valence-corrected chi connectivity index (χ4v) is 13.4. The lowest BCUT2D eigenvalue weighted by Gasteiger charge is -2.35. The van der Waals surface area contributed by atoms with E-state index in [9.17, 15) is 32.7 Å². The van der Waals surface area contributed by atoms with Crippen LogP contribution in [0.25, 0.3) is 0 Å². The third-order valence-electron chi connectivity index (χ3n) is 13.5. The number of imide groups is 1. The second-order valence-electron chi connectivity index (χ2n) is 19.0. The van der Waals surface area contributed by atoms with Gasteiger partial charge in [0, 0.05) is 78.1 Å². The summed E-state index contributed by atoms with van der Waals surface area (Å²) in [6.07, 6.45) is 2.02. The van der Waals surface area contributed by atoms with Gasteiger partial charge in [-0.3, -0.25) is 24.4 Å². The highest BCUT2D eigenvalue weighted by atomic mass is 33.1. The minimum atomic E-state index is -3.26. The molecule has 5 aliphatic heterocycles. The zero-order chi connectivity index (χ0) is 51.8. The quantitative estimate of drug-likeness (QED) is 0.0395. The Bertz CT molecular complexity index is 3130. The van der Waals surface area contributed by atoms with Crippen molar-refractivity contribution in [3.05, 3.63) is 125 Å². The smallest absolute Gasteiger partial charge is 0.350 e. The molecule has 5 aromatic rings. The monoisotopic (exact) mass is 1060 g/mol. The molecule has 21 heteroatoms. The molecule has 10 rings (SSSR count). The topological polar surface area (TPSA) is 207 Å². The normalized spacial score (nSPS) is 19.0. The van der Waals surface area contributed by atoms with Gasteiger partial charge in [-0.1, -0.05) is 64.1 Å². The summed E-state index contributed by atoms with van der Waals surface area (Å²) < 4.78 is 48.2. The number of nitrogens with zero attached hydrogens (tertiary/aromatic N) is 6. The summed E-state index contributed by atoms with van der Waals surface area (Å²) in [7, 11) is 2.71. The zero-order valence-corrected chi connectivity index (χ0v) is 43.5. The van der Waals surface area contributed by atoms with Crippen LogP contribution in [0.4, 0.5) is 22.7 Å². The molecule has 0 radical (unpaired) electrons. The van der Waals surface area contributed by atoms with Crippen LogP contribution in [0.2, 0.25) is 0 Å². The van der Waals surface area contributed by atoms with Crippen LogP contribution in [0.15, 0.2) is 96.0 Å². The molecule has 1 N–H and O–H groups in total. The van der Waals surface area contributed by atoms with E-state index < -0.39 is 44.7 Å². The number of thiol groups is 1. The van der Waals surface area contributed by atoms with E-state index >= 15 is 0 Å². The maximum absolute atomic E-state index is 14.7. The Kier molecular flexibility index (Phi) is 14.5. The van der Waals surface area contributed by atoms with Gasteiger partial charge < -0.3 is 43.6 Å². The number of aliphatic hydroxyl groups excluding tert-OH is 1. The van der Waals surface area contributed by atoms with E-state index in [1.807, 2.05) is 82.7 Å². The number of anilines is 3. The molecule has 1 fully saturated rings. The van der Waals surface area contributed by atoms with Crippen molar-refractivity contribution in [3.8, 4) is 23.0 Å². The van der Waals surface area contributed by atoms with Crippen LogP contribution >= 0.6 is 21.6 Å². The molecule has 2 unspecified atom stereocenters. The van der Waals surface area contributed by atoms with E-state index in [0.29, 0.717) is 81.5 Å². The first-order valence-corrected chi connectivity index (χ1v) is 27.7. The first-order chi connectivity index (χ1) is 35.7. The Morgan fingerprint density at radius 1 is 0.811 bits per heavy atom. The number of fused-ring (bicyclic) bond motifs is 8. The van der Waals surface area contributed by atoms with Crippen molar-refractivity contribution >= 4 is 84.9 Å². The summed E-state index contributed by atoms with van der Waals surface area (Å²) in [6, 6.07) is 28.3. The fraction of sp³-hybridized carbons (Fsp3) is 0.358. The molecule has 1 aromatic heterocycles. The number of pyridine rings is 1. The minimum Gasteiger partial charge on any atom is -0.493 e. The van der Waals surface area contributed by atoms with E-state index in [2.05, 4.69) is 24.8 Å². The number of aromatic nitrogens is 1. The number of amides is 3. The van der Waals surface area contributed by atoms with Crippen LogP contribution in [-0.2, 0) is 56.0 Å². The van der Waals surface area contributed by atoms with Crippen molar-refractivity contribution in [2.45, 2.75) is 87.5 Å². The van der Waals surface area contributed by atoms with Crippen LogP contribution in [0, 0.1) is 0 Å². The molecule has 74 heavy (non-hydrogen) atoms. The highest BCUT2D eigenvalue weighted by Gasteiger charge is 2.42. The van der Waals surface area contributed by atoms with E-state index in [0.717, 1.165) is 28.9 Å². The van der Waals surface area contributed by atoms with E-state index in [4.69, 9.17) is 33.8 Å². The van der Waals surface area contributed by atoms with Gasteiger partial charge in [0.15, 0.2) is 45.2 Å². The van der Waals surface area contributed by atoms with Gasteiger partial charge >= 0.3 is 5.97 Å². The molecule has 4 atom stereocenters. The third-order valence-corrected chi connectivity index (χ3v) is 17.8. The standard InChI is InChI=1S/C53H54N6O12S3/c1-53(2,73-72-19-18-47(74(65)66)52(64)71-59-48(60)16-17-49(59)61)30-56-27-36-21-32-11-6-8-15-41(32)58(36)51(63)38-23-44(68-4)46(25-42(38)56)70-29-34-13-9-12-33(55-34)28-69-45-24-39-37(22-43(45)67-3)50(62)57-35(26-54-39)20-31-10-5-7-14-40(31)57/h5-15,22-26,35-36,47,50,62,74H,16-21,27-30H2,1-4H3/t35-,36-,47?,50?/m0/s1. The van der Waals surface area contributed by atoms with E-state index in [1.165, 1.54) is 28.7 Å². The molecule has 1 saturated heterocycles. The highest BCUT2D eigenvalue weighted by Crippen LogP contribution is 2.47. The number of benzene rings is 4. The number of carbonyl (C=O) groups is 4. The predicted molar refractivity (Wildman–Crippen MR) is 281 cm³/mol. The van der Waals surface area contributed by atoms with Gasteiger partial charge in [-0.15, -0.1) is 5.06 Å². The number of methoxy groups -OCH3 is 2. The first-order valence-electron chi connectivity index (χ1n) is 24.1. The molecular weight excluding hydrogens is 1010 g/mol. The van der Waals surface area contributed by atoms with Crippen LogP contribution in [0.5, 0.6) is 23.0 Å². The predicted octanol–water partition coefficient (Wildman–Crippen LogP) is 6.92. The van der Waals surface area contributed by atoms with E-state index in [1.54, 1.807) is 25.3 Å². The summed E-state index contributed by atoms with van der Waals surface area (Å²) in [5.74, 6) is -0.822. The average molecular weight is 1060 g/mol. The van der Waals surface area contributed by atoms with Gasteiger partial charge in [-0.25, -0.2) is 13.2 Å². The van der Waals surface area contributed by atoms with Crippen LogP contribution in [0.3, 0.4) is 0 Å². The Labute approximate surface area is 437 Å². The van der Waals surface area contributed by atoms with Gasteiger partial charge in [-0.05, 0) is 74.2 Å². The van der Waals surface area contributed by atoms with Gasteiger partial charge in [0.1, 0.15) is 13.2 Å². The lowest BCUT2D eigenvalue weighted by Crippen LogP contribution is -2.45. The van der Waals surface area contributed by atoms with Gasteiger partial charge in [-0.2, -0.15) is 0 Å². The van der Waals surface area contributed by atoms with E-state index in [-0.39, 0.29) is 56.2 Å². The fourth-order valence-electron chi connectivity index (χ4n) is 10.1. The maximum atomic E-state index is 14.7. The van der Waals surface area contributed by atoms with Crippen molar-refractivity contribution in [1.29, 1.82) is 0 Å². The zero-order valence-electron chi connectivity index (χ0n) is 41.0. The minimum absolute atomic E-state index is 0.0563. The third kappa shape index (κ3) is 10.2. The SMILES string of the molecule is COc1cc2c(cc1OCc1cccc(COc3cc4c(cc3OC)C(=O)N3c5ccccc5C[C@H]3CN4CC(C)(C)SSCCC(C(=O)ON3C(=O)CCC3=O)[SH](=O)=O)n1)N=C[C@@H]1Cc3ccccc3N1C2O. The number of hydroxylamine groups is 2. The summed E-state index contributed by atoms with van der Waals surface area (Å²) in [5, 5.41) is 10.5. The molecule has 386 valence electrons. The number of aliphatic hydroxyl groups is 1. The Hall–Kier alpha value is -6.81. The summed E-state index contributed by atoms with van der Waals surface area (Å²) in [4.78, 5) is 72.1. The molecule has 0 bridgehead atoms. The molecular formula is C53H54N6O12S3. The van der Waals surface area contributed by atoms with Gasteiger partial charge in [0.05, 0.1) is 54.6 Å². The number of hydrogen-bond donors (Lipinski definition) is 2. The average Bonchev–Trinajstić information content (AvgIpc) is 4.02. The Morgan fingerprint density at radius 3 is 2.15 bits per heavy atom. The van der Waals surface area contributed by atoms with Crippen molar-refractivity contribution in [1.82, 2.24) is 10.0 Å². The van der Waals surface area contributed by atoms with Crippen LogP contribution in [-0.4, -0.2) is 109 Å². The second-order valence-corrected chi connectivity index (χ2v) is 23.3. The second kappa shape index (κ2) is 21.2. The van der Waals surface area contributed by atoms with Crippen LogP contribution < -0.4 is 33.6 Å². The number of ether oxygens (including phenoxy) is 4. The summed E-state index contributed by atoms with van der Waals surface area (Å²) >= 11 is 0. The molecule has 0 aliphatic carbocycles. The summed E-state index contributed by atoms with van der Waals surface area (Å²) in [5.41, 5.74) is 7.58. The van der Waals surface area contributed by atoms with Crippen LogP contribution in [0.1, 0.15) is 77.8 Å². The lowest BCUT2D eigenvalue weighted by atomic mass is 10.1. The number of aliphatic imine (C=N–C) groups is 1. The molecule has 18 nitrogen and oxygen atoms in total. The largest absolute Gasteiger partial charge is 0.493 e. The number of para-hydroxylation sites is 2. The van der Waals surface area contributed by atoms with Crippen molar-refractivity contribution in [3.63, 3.8) is 0 Å². The highest BCUT2D eigenvalue weighted by molar-refractivity contribution is 8.77. The molecule has 0 spiro atoms. The van der Waals surface area contributed by atoms with Gasteiger partial charge in [0.2, 0.25) is 0 Å². The number of hydrogen-bond acceptors (Lipinski definition) is 18.